The fourth-order valence-electron chi connectivity index (χ4n) is 3.05. The molecule has 0 spiro atoms. The van der Waals surface area contributed by atoms with Crippen molar-refractivity contribution in [2.45, 2.75) is 29.4 Å². The van der Waals surface area contributed by atoms with Gasteiger partial charge in [0.05, 0.1) is 11.0 Å². The largest absolute Gasteiger partial charge is 0.411 e. The molecule has 4 heteroatoms. The van der Waals surface area contributed by atoms with Crippen LogP contribution in [-0.2, 0) is 0 Å². The van der Waals surface area contributed by atoms with Crippen LogP contribution in [0.15, 0.2) is 34.3 Å². The van der Waals surface area contributed by atoms with Gasteiger partial charge in [-0.15, -0.1) is 11.8 Å². The third-order valence-electron chi connectivity index (χ3n) is 3.90. The highest BCUT2D eigenvalue weighted by atomic mass is 32.2. The van der Waals surface area contributed by atoms with E-state index in [1.54, 1.807) is 11.8 Å². The summed E-state index contributed by atoms with van der Waals surface area (Å²) in [6.07, 6.45) is 3.63. The maximum atomic E-state index is 9.15. The standard InChI is InChI=1S/C13H16N2OS/c14-10-3-1-2-4-11(10)17-13-9-6-5-8(7-9)12(13)15-16/h1-4,8-9,13,16H,5-7,14H2. The van der Waals surface area contributed by atoms with Crippen LogP contribution in [0.5, 0.6) is 0 Å². The van der Waals surface area contributed by atoms with E-state index in [0.29, 0.717) is 17.1 Å². The Bertz CT molecular complexity index is 460. The Morgan fingerprint density at radius 1 is 1.29 bits per heavy atom. The van der Waals surface area contributed by atoms with Crippen molar-refractivity contribution in [2.24, 2.45) is 17.0 Å². The van der Waals surface area contributed by atoms with Crippen LogP contribution >= 0.6 is 11.8 Å². The Labute approximate surface area is 105 Å². The number of hydrogen-bond donors (Lipinski definition) is 2. The van der Waals surface area contributed by atoms with E-state index >= 15 is 0 Å². The number of nitrogens with zero attached hydrogens (tertiary/aromatic N) is 1. The first-order valence-corrected chi connectivity index (χ1v) is 6.90. The molecule has 17 heavy (non-hydrogen) atoms. The molecule has 1 aromatic rings. The minimum Gasteiger partial charge on any atom is -0.411 e. The predicted octanol–water partition coefficient (Wildman–Crippen LogP) is 2.99. The molecule has 3 N–H and O–H groups in total. The van der Waals surface area contributed by atoms with Crippen molar-refractivity contribution >= 4 is 23.2 Å². The molecule has 2 aliphatic carbocycles. The van der Waals surface area contributed by atoms with E-state index < -0.39 is 0 Å². The summed E-state index contributed by atoms with van der Waals surface area (Å²) in [4.78, 5) is 1.10. The molecule has 90 valence electrons. The number of rotatable bonds is 2. The van der Waals surface area contributed by atoms with Crippen molar-refractivity contribution in [3.8, 4) is 0 Å². The zero-order chi connectivity index (χ0) is 11.8. The van der Waals surface area contributed by atoms with Crippen molar-refractivity contribution < 1.29 is 5.21 Å². The first-order valence-electron chi connectivity index (χ1n) is 6.02. The van der Waals surface area contributed by atoms with Crippen LogP contribution in [0.1, 0.15) is 19.3 Å². The highest BCUT2D eigenvalue weighted by Crippen LogP contribution is 2.50. The lowest BCUT2D eigenvalue weighted by atomic mass is 9.98. The van der Waals surface area contributed by atoms with Gasteiger partial charge in [-0.1, -0.05) is 17.3 Å². The van der Waals surface area contributed by atoms with Gasteiger partial charge in [0, 0.05) is 16.5 Å². The van der Waals surface area contributed by atoms with Crippen molar-refractivity contribution in [1.29, 1.82) is 0 Å². The Morgan fingerprint density at radius 2 is 2.12 bits per heavy atom. The maximum absolute atomic E-state index is 9.15. The van der Waals surface area contributed by atoms with Crippen molar-refractivity contribution in [3.63, 3.8) is 0 Å². The van der Waals surface area contributed by atoms with Crippen LogP contribution in [0.25, 0.3) is 0 Å². The predicted molar refractivity (Wildman–Crippen MR) is 70.6 cm³/mol. The van der Waals surface area contributed by atoms with Crippen LogP contribution in [0.3, 0.4) is 0 Å². The molecule has 3 unspecified atom stereocenters. The second-order valence-corrected chi connectivity index (χ2v) is 6.05. The molecule has 0 aliphatic heterocycles. The quantitative estimate of drug-likeness (QED) is 0.480. The molecule has 0 aromatic heterocycles. The van der Waals surface area contributed by atoms with Crippen molar-refractivity contribution in [1.82, 2.24) is 0 Å². The zero-order valence-corrected chi connectivity index (χ0v) is 10.4. The zero-order valence-electron chi connectivity index (χ0n) is 9.54. The first-order chi connectivity index (χ1) is 8.29. The third kappa shape index (κ3) is 1.80. The molecular formula is C13H16N2OS. The van der Waals surface area contributed by atoms with E-state index in [0.717, 1.165) is 16.3 Å². The lowest BCUT2D eigenvalue weighted by Crippen LogP contribution is -2.24. The molecule has 3 atom stereocenters. The van der Waals surface area contributed by atoms with Gasteiger partial charge in [-0.3, -0.25) is 0 Å². The van der Waals surface area contributed by atoms with Crippen LogP contribution < -0.4 is 5.73 Å². The summed E-state index contributed by atoms with van der Waals surface area (Å²) in [6.45, 7) is 0. The number of benzene rings is 1. The fourth-order valence-corrected chi connectivity index (χ4v) is 4.49. The monoisotopic (exact) mass is 248 g/mol. The SMILES string of the molecule is Nc1ccccc1SC1C(=NO)C2CCC1C2. The van der Waals surface area contributed by atoms with Crippen LogP contribution in [-0.4, -0.2) is 16.2 Å². The van der Waals surface area contributed by atoms with E-state index in [2.05, 4.69) is 5.16 Å². The maximum Gasteiger partial charge on any atom is 0.0737 e. The highest BCUT2D eigenvalue weighted by molar-refractivity contribution is 8.00. The number of hydrogen-bond acceptors (Lipinski definition) is 4. The minimum absolute atomic E-state index is 0.323. The summed E-state index contributed by atoms with van der Waals surface area (Å²) < 4.78 is 0. The molecule has 2 bridgehead atoms. The van der Waals surface area contributed by atoms with Gasteiger partial charge in [0.1, 0.15) is 0 Å². The van der Waals surface area contributed by atoms with Gasteiger partial charge in [-0.2, -0.15) is 0 Å². The molecule has 2 aliphatic rings. The number of anilines is 1. The average molecular weight is 248 g/mol. The smallest absolute Gasteiger partial charge is 0.0737 e. The number of fused-ring (bicyclic) bond motifs is 2. The van der Waals surface area contributed by atoms with Crippen LogP contribution in [0.2, 0.25) is 0 Å². The van der Waals surface area contributed by atoms with Gasteiger partial charge < -0.3 is 10.9 Å². The topological polar surface area (TPSA) is 58.6 Å². The molecule has 0 saturated heterocycles. The molecule has 1 aromatic carbocycles. The van der Waals surface area contributed by atoms with E-state index in [1.807, 2.05) is 24.3 Å². The van der Waals surface area contributed by atoms with Gasteiger partial charge >= 0.3 is 0 Å². The van der Waals surface area contributed by atoms with Crippen molar-refractivity contribution in [2.75, 3.05) is 5.73 Å². The second kappa shape index (κ2) is 4.26. The van der Waals surface area contributed by atoms with E-state index in [4.69, 9.17) is 10.9 Å². The van der Waals surface area contributed by atoms with Gasteiger partial charge in [0.15, 0.2) is 0 Å². The minimum atomic E-state index is 0.323. The number of thioether (sulfide) groups is 1. The van der Waals surface area contributed by atoms with Crippen LogP contribution in [0, 0.1) is 11.8 Å². The summed E-state index contributed by atoms with van der Waals surface area (Å²) in [7, 11) is 0. The lowest BCUT2D eigenvalue weighted by molar-refractivity contribution is 0.314. The summed E-state index contributed by atoms with van der Waals surface area (Å²) in [5.41, 5.74) is 7.76. The fraction of sp³-hybridized carbons (Fsp3) is 0.462. The Morgan fingerprint density at radius 3 is 2.88 bits per heavy atom. The van der Waals surface area contributed by atoms with Gasteiger partial charge in [0.2, 0.25) is 0 Å². The van der Waals surface area contributed by atoms with Crippen molar-refractivity contribution in [3.05, 3.63) is 24.3 Å². The Kier molecular flexibility index (Phi) is 2.74. The molecule has 0 amide bonds. The average Bonchev–Trinajstić information content (AvgIpc) is 2.92. The molecular weight excluding hydrogens is 232 g/mol. The van der Waals surface area contributed by atoms with Gasteiger partial charge in [0.25, 0.3) is 0 Å². The molecule has 2 saturated carbocycles. The van der Waals surface area contributed by atoms with Gasteiger partial charge in [-0.25, -0.2) is 0 Å². The Hall–Kier alpha value is -1.16. The first kappa shape index (κ1) is 11.0. The van der Waals surface area contributed by atoms with E-state index in [-0.39, 0.29) is 0 Å². The normalized spacial score (nSPS) is 33.4. The number of para-hydroxylation sites is 1. The third-order valence-corrected chi connectivity index (χ3v) is 5.41. The molecule has 3 rings (SSSR count). The molecule has 3 nitrogen and oxygen atoms in total. The molecule has 0 radical (unpaired) electrons. The highest BCUT2D eigenvalue weighted by Gasteiger charge is 2.46. The number of nitrogens with two attached hydrogens (primary N) is 1. The van der Waals surface area contributed by atoms with Gasteiger partial charge in [-0.05, 0) is 37.3 Å². The molecule has 2 fully saturated rings. The molecule has 0 heterocycles. The van der Waals surface area contributed by atoms with E-state index in [1.165, 1.54) is 19.3 Å². The summed E-state index contributed by atoms with van der Waals surface area (Å²) in [6, 6.07) is 7.91. The Balaban J connectivity index is 1.84. The summed E-state index contributed by atoms with van der Waals surface area (Å²) >= 11 is 1.76. The summed E-state index contributed by atoms with van der Waals surface area (Å²) in [5, 5.41) is 13.0. The van der Waals surface area contributed by atoms with Crippen LogP contribution in [0.4, 0.5) is 5.69 Å². The second-order valence-electron chi connectivity index (χ2n) is 4.87. The number of oxime groups is 1. The summed E-state index contributed by atoms with van der Waals surface area (Å²) in [5.74, 6) is 1.17. The lowest BCUT2D eigenvalue weighted by Gasteiger charge is -2.22. The van der Waals surface area contributed by atoms with E-state index in [9.17, 15) is 0 Å². The number of nitrogen functional groups attached to an aromatic ring is 1.